The number of nitrogens with zero attached hydrogens (tertiary/aromatic N) is 2. The SMILES string of the molecule is CCCCCCCCCCCCN(CCCN(CCCCCCCCCCCC)OC(C)=O)CC(=O)O. The first-order chi connectivity index (χ1) is 18.0. The summed E-state index contributed by atoms with van der Waals surface area (Å²) in [6, 6.07) is 0. The third-order valence-corrected chi connectivity index (χ3v) is 7.09. The van der Waals surface area contributed by atoms with Crippen molar-refractivity contribution in [2.45, 2.75) is 156 Å². The fourth-order valence-corrected chi connectivity index (χ4v) is 4.92. The van der Waals surface area contributed by atoms with Crippen molar-refractivity contribution >= 4 is 11.9 Å². The molecule has 0 aliphatic carbocycles. The van der Waals surface area contributed by atoms with E-state index in [4.69, 9.17) is 4.84 Å². The molecule has 0 unspecified atom stereocenters. The van der Waals surface area contributed by atoms with Gasteiger partial charge in [-0.25, -0.2) is 0 Å². The van der Waals surface area contributed by atoms with Crippen molar-refractivity contribution in [3.63, 3.8) is 0 Å². The van der Waals surface area contributed by atoms with Gasteiger partial charge in [-0.05, 0) is 25.8 Å². The quantitative estimate of drug-likeness (QED) is 0.0779. The Labute approximate surface area is 229 Å². The first-order valence-electron chi connectivity index (χ1n) is 15.9. The smallest absolute Gasteiger partial charge is 0.322 e. The minimum atomic E-state index is -0.769. The molecule has 0 heterocycles. The fourth-order valence-electron chi connectivity index (χ4n) is 4.92. The first kappa shape index (κ1) is 35.9. The van der Waals surface area contributed by atoms with Crippen molar-refractivity contribution in [1.29, 1.82) is 0 Å². The first-order valence-corrected chi connectivity index (χ1v) is 15.9. The monoisotopic (exact) mass is 526 g/mol. The number of unbranched alkanes of at least 4 members (excludes halogenated alkanes) is 18. The minimum absolute atomic E-state index is 0.0867. The molecular formula is C31H62N2O4. The van der Waals surface area contributed by atoms with E-state index in [1.807, 2.05) is 4.90 Å². The van der Waals surface area contributed by atoms with Crippen LogP contribution in [0, 0.1) is 0 Å². The van der Waals surface area contributed by atoms with Crippen LogP contribution in [-0.2, 0) is 14.4 Å². The van der Waals surface area contributed by atoms with E-state index in [2.05, 4.69) is 13.8 Å². The van der Waals surface area contributed by atoms with Gasteiger partial charge in [0.25, 0.3) is 0 Å². The standard InChI is InChI=1S/C31H62N2O4/c1-4-6-8-10-12-14-16-18-20-22-25-32(29-31(35)36)26-24-28-33(37-30(3)34)27-23-21-19-17-15-13-11-9-7-5-2/h4-29H2,1-3H3,(H,35,36). The maximum absolute atomic E-state index is 11.5. The highest BCUT2D eigenvalue weighted by atomic mass is 16.7. The van der Waals surface area contributed by atoms with Crippen LogP contribution >= 0.6 is 0 Å². The average molecular weight is 527 g/mol. The number of hydrogen-bond acceptors (Lipinski definition) is 5. The van der Waals surface area contributed by atoms with E-state index in [0.717, 1.165) is 45.3 Å². The zero-order chi connectivity index (χ0) is 27.4. The van der Waals surface area contributed by atoms with Gasteiger partial charge in [-0.3, -0.25) is 14.5 Å². The molecule has 0 spiro atoms. The van der Waals surface area contributed by atoms with Crippen LogP contribution < -0.4 is 0 Å². The molecule has 0 aliphatic rings. The Morgan fingerprint density at radius 3 is 1.30 bits per heavy atom. The summed E-state index contributed by atoms with van der Waals surface area (Å²) in [6.07, 6.45) is 26.4. The number of carbonyl (C=O) groups is 2. The van der Waals surface area contributed by atoms with Crippen LogP contribution in [0.4, 0.5) is 0 Å². The lowest BCUT2D eigenvalue weighted by Gasteiger charge is -2.24. The molecule has 0 aromatic carbocycles. The molecule has 1 N–H and O–H groups in total. The highest BCUT2D eigenvalue weighted by Crippen LogP contribution is 2.12. The molecule has 0 amide bonds. The van der Waals surface area contributed by atoms with Gasteiger partial charge < -0.3 is 9.94 Å². The lowest BCUT2D eigenvalue weighted by atomic mass is 10.1. The number of carbonyl (C=O) groups excluding carboxylic acids is 1. The lowest BCUT2D eigenvalue weighted by Crippen LogP contribution is -2.35. The van der Waals surface area contributed by atoms with E-state index in [1.54, 1.807) is 5.06 Å². The summed E-state index contributed by atoms with van der Waals surface area (Å²) in [5, 5.41) is 11.1. The van der Waals surface area contributed by atoms with E-state index >= 15 is 0 Å². The molecule has 6 heteroatoms. The predicted molar refractivity (Wildman–Crippen MR) is 156 cm³/mol. The topological polar surface area (TPSA) is 70.1 Å². The van der Waals surface area contributed by atoms with Crippen LogP contribution in [-0.4, -0.2) is 59.7 Å². The van der Waals surface area contributed by atoms with E-state index < -0.39 is 5.97 Å². The van der Waals surface area contributed by atoms with Crippen molar-refractivity contribution in [2.75, 3.05) is 32.7 Å². The van der Waals surface area contributed by atoms with Crippen LogP contribution in [0.15, 0.2) is 0 Å². The fraction of sp³-hybridized carbons (Fsp3) is 0.935. The molecular weight excluding hydrogens is 464 g/mol. The Kier molecular flexibility index (Phi) is 27.0. The maximum Gasteiger partial charge on any atom is 0.322 e. The van der Waals surface area contributed by atoms with E-state index in [0.29, 0.717) is 6.54 Å². The largest absolute Gasteiger partial charge is 0.480 e. The number of rotatable bonds is 29. The third kappa shape index (κ3) is 27.7. The van der Waals surface area contributed by atoms with Crippen molar-refractivity contribution in [1.82, 2.24) is 9.96 Å². The second-order valence-electron chi connectivity index (χ2n) is 10.9. The van der Waals surface area contributed by atoms with Gasteiger partial charge in [0.1, 0.15) is 0 Å². The summed E-state index contributed by atoms with van der Waals surface area (Å²) >= 11 is 0. The zero-order valence-corrected chi connectivity index (χ0v) is 25.0. The number of carboxylic acid groups (broad SMARTS) is 1. The third-order valence-electron chi connectivity index (χ3n) is 7.09. The van der Waals surface area contributed by atoms with Gasteiger partial charge in [-0.15, -0.1) is 5.06 Å². The van der Waals surface area contributed by atoms with Crippen molar-refractivity contribution in [2.24, 2.45) is 0 Å². The Morgan fingerprint density at radius 2 is 0.892 bits per heavy atom. The van der Waals surface area contributed by atoms with Gasteiger partial charge >= 0.3 is 11.9 Å². The van der Waals surface area contributed by atoms with Gasteiger partial charge in [-0.2, -0.15) is 0 Å². The lowest BCUT2D eigenvalue weighted by molar-refractivity contribution is -0.188. The molecule has 0 radical (unpaired) electrons. The molecule has 0 fully saturated rings. The Morgan fingerprint density at radius 1 is 0.541 bits per heavy atom. The second-order valence-corrected chi connectivity index (χ2v) is 10.9. The molecule has 0 bridgehead atoms. The van der Waals surface area contributed by atoms with Crippen molar-refractivity contribution in [3.8, 4) is 0 Å². The highest BCUT2D eigenvalue weighted by Gasteiger charge is 2.12. The van der Waals surface area contributed by atoms with E-state index in [-0.39, 0.29) is 12.5 Å². The van der Waals surface area contributed by atoms with Gasteiger partial charge in [0, 0.05) is 26.6 Å². The van der Waals surface area contributed by atoms with Crippen LogP contribution in [0.5, 0.6) is 0 Å². The normalized spacial score (nSPS) is 11.5. The van der Waals surface area contributed by atoms with E-state index in [9.17, 15) is 14.7 Å². The number of aliphatic carboxylic acids is 1. The summed E-state index contributed by atoms with van der Waals surface area (Å²) in [5.74, 6) is -1.05. The molecule has 220 valence electrons. The number of carboxylic acids is 1. The van der Waals surface area contributed by atoms with Gasteiger partial charge in [-0.1, -0.05) is 129 Å². The van der Waals surface area contributed by atoms with Gasteiger partial charge in [0.05, 0.1) is 6.54 Å². The predicted octanol–water partition coefficient (Wildman–Crippen LogP) is 8.39. The summed E-state index contributed by atoms with van der Waals surface area (Å²) in [5.41, 5.74) is 0. The van der Waals surface area contributed by atoms with Gasteiger partial charge in [0.2, 0.25) is 0 Å². The summed E-state index contributed by atoms with van der Waals surface area (Å²) < 4.78 is 0. The average Bonchev–Trinajstić information content (AvgIpc) is 2.85. The Bertz CT molecular complexity index is 471. The zero-order valence-electron chi connectivity index (χ0n) is 25.0. The van der Waals surface area contributed by atoms with Crippen molar-refractivity contribution < 1.29 is 19.5 Å². The van der Waals surface area contributed by atoms with Crippen LogP contribution in [0.25, 0.3) is 0 Å². The van der Waals surface area contributed by atoms with Gasteiger partial charge in [0.15, 0.2) is 0 Å². The summed E-state index contributed by atoms with van der Waals surface area (Å²) in [6.45, 7) is 9.01. The van der Waals surface area contributed by atoms with Crippen LogP contribution in [0.1, 0.15) is 156 Å². The molecule has 0 rings (SSSR count). The van der Waals surface area contributed by atoms with E-state index in [1.165, 1.54) is 116 Å². The molecule has 0 saturated heterocycles. The molecule has 0 aromatic heterocycles. The molecule has 37 heavy (non-hydrogen) atoms. The number of hydroxylamine groups is 2. The van der Waals surface area contributed by atoms with Crippen LogP contribution in [0.2, 0.25) is 0 Å². The molecule has 0 aromatic rings. The second kappa shape index (κ2) is 27.9. The van der Waals surface area contributed by atoms with Crippen LogP contribution in [0.3, 0.4) is 0 Å². The van der Waals surface area contributed by atoms with Crippen molar-refractivity contribution in [3.05, 3.63) is 0 Å². The molecule has 0 saturated carbocycles. The Balaban J connectivity index is 4.04. The highest BCUT2D eigenvalue weighted by molar-refractivity contribution is 5.69. The Hall–Kier alpha value is -1.14. The molecule has 0 atom stereocenters. The minimum Gasteiger partial charge on any atom is -0.480 e. The maximum atomic E-state index is 11.5. The molecule has 6 nitrogen and oxygen atoms in total. The summed E-state index contributed by atoms with van der Waals surface area (Å²) in [7, 11) is 0. The number of hydrogen-bond donors (Lipinski definition) is 1. The summed E-state index contributed by atoms with van der Waals surface area (Å²) in [4.78, 5) is 30.3. The molecule has 0 aliphatic heterocycles.